The fourth-order valence-electron chi connectivity index (χ4n) is 6.75. The number of hydrogen-bond acceptors (Lipinski definition) is 11. The standard InChI is InChI=1S/C33H29F5N8O2S/c1-15(17-6-3-9-42-29(17)40)46-11-12-47-27-23-26(43-32(44-31(23)46)48-14-16-5-4-10-45(16)2)25(35)22(24(27)33(36,37)38)18-7-8-20(34)28-21(18)19(13-39)30(41)49-28/h3,6-9,15-16H,4-5,10-12,14,41H2,1-2H3,(H2,40,42)/t15-,16?/m1/s1. The molecule has 2 atom stereocenters. The van der Waals surface area contributed by atoms with Gasteiger partial charge < -0.3 is 30.7 Å². The first-order valence-corrected chi connectivity index (χ1v) is 16.2. The van der Waals surface area contributed by atoms with Crippen LogP contribution in [-0.2, 0) is 6.18 Å². The lowest BCUT2D eigenvalue weighted by Gasteiger charge is -2.30. The van der Waals surface area contributed by atoms with Gasteiger partial charge in [-0.1, -0.05) is 12.1 Å². The number of likely N-dealkylation sites (N-methyl/N-ethyl adjacent to an activating group) is 1. The summed E-state index contributed by atoms with van der Waals surface area (Å²) in [6.45, 7) is 2.55. The van der Waals surface area contributed by atoms with Gasteiger partial charge in [0.05, 0.1) is 28.2 Å². The summed E-state index contributed by atoms with van der Waals surface area (Å²) in [5.41, 5.74) is 9.16. The Kier molecular flexibility index (Phi) is 8.07. The van der Waals surface area contributed by atoms with Crippen LogP contribution < -0.4 is 25.8 Å². The van der Waals surface area contributed by atoms with E-state index in [2.05, 4.69) is 19.9 Å². The van der Waals surface area contributed by atoms with Gasteiger partial charge >= 0.3 is 12.2 Å². The molecule has 5 aromatic rings. The predicted octanol–water partition coefficient (Wildman–Crippen LogP) is 6.67. The van der Waals surface area contributed by atoms with Crippen LogP contribution in [0.15, 0.2) is 30.5 Å². The normalized spacial score (nSPS) is 17.3. The Morgan fingerprint density at radius 3 is 2.65 bits per heavy atom. The van der Waals surface area contributed by atoms with E-state index in [-0.39, 0.29) is 75.0 Å². The number of nitrogen functional groups attached to an aromatic ring is 2. The van der Waals surface area contributed by atoms with Crippen LogP contribution in [-0.4, -0.2) is 59.2 Å². The Balaban J connectivity index is 1.55. The van der Waals surface area contributed by atoms with Gasteiger partial charge in [0.25, 0.3) is 0 Å². The molecular weight excluding hydrogens is 667 g/mol. The number of anilines is 3. The van der Waals surface area contributed by atoms with Crippen LogP contribution in [0.5, 0.6) is 11.8 Å². The minimum atomic E-state index is -5.19. The second-order valence-corrected chi connectivity index (χ2v) is 13.0. The smallest absolute Gasteiger partial charge is 0.420 e. The van der Waals surface area contributed by atoms with Crippen molar-refractivity contribution in [3.63, 3.8) is 0 Å². The van der Waals surface area contributed by atoms with E-state index in [1.807, 2.05) is 13.1 Å². The molecule has 1 saturated heterocycles. The number of halogens is 5. The summed E-state index contributed by atoms with van der Waals surface area (Å²) in [7, 11) is 1.95. The van der Waals surface area contributed by atoms with Crippen molar-refractivity contribution in [3.8, 4) is 29.0 Å². The molecule has 49 heavy (non-hydrogen) atoms. The van der Waals surface area contributed by atoms with Crippen molar-refractivity contribution in [1.29, 1.82) is 5.26 Å². The number of hydrogen-bond donors (Lipinski definition) is 2. The molecular formula is C33H29F5N8O2S. The molecule has 2 aliphatic rings. The van der Waals surface area contributed by atoms with E-state index in [1.54, 1.807) is 24.0 Å². The average Bonchev–Trinajstić information content (AvgIpc) is 3.58. The van der Waals surface area contributed by atoms with Gasteiger partial charge in [0.15, 0.2) is 5.82 Å². The van der Waals surface area contributed by atoms with Crippen molar-refractivity contribution < 1.29 is 31.4 Å². The molecule has 254 valence electrons. The highest BCUT2D eigenvalue weighted by Gasteiger charge is 2.44. The number of nitriles is 1. The molecule has 5 heterocycles. The molecule has 1 fully saturated rings. The zero-order chi connectivity index (χ0) is 34.8. The molecule has 0 radical (unpaired) electrons. The van der Waals surface area contributed by atoms with Crippen molar-refractivity contribution >= 4 is 49.0 Å². The molecule has 10 nitrogen and oxygen atoms in total. The molecule has 0 spiro atoms. The number of nitrogens with zero attached hydrogens (tertiary/aromatic N) is 6. The fraction of sp³-hybridized carbons (Fsp3) is 0.333. The number of ether oxygens (including phenoxy) is 2. The summed E-state index contributed by atoms with van der Waals surface area (Å²) in [5.74, 6) is -2.76. The number of aromatic nitrogens is 3. The fourth-order valence-corrected chi connectivity index (χ4v) is 7.70. The van der Waals surface area contributed by atoms with Crippen molar-refractivity contribution in [3.05, 3.63) is 58.8 Å². The first-order chi connectivity index (χ1) is 23.4. The van der Waals surface area contributed by atoms with E-state index in [1.165, 1.54) is 6.20 Å². The minimum Gasteiger partial charge on any atom is -0.490 e. The monoisotopic (exact) mass is 696 g/mol. The highest BCUT2D eigenvalue weighted by molar-refractivity contribution is 7.23. The van der Waals surface area contributed by atoms with E-state index in [0.29, 0.717) is 16.9 Å². The molecule has 4 N–H and O–H groups in total. The number of pyridine rings is 1. The highest BCUT2D eigenvalue weighted by Crippen LogP contribution is 2.53. The van der Waals surface area contributed by atoms with Gasteiger partial charge in [0, 0.05) is 28.8 Å². The van der Waals surface area contributed by atoms with Crippen LogP contribution in [0, 0.1) is 23.0 Å². The lowest BCUT2D eigenvalue weighted by Crippen LogP contribution is -2.32. The first-order valence-electron chi connectivity index (χ1n) is 15.4. The van der Waals surface area contributed by atoms with Gasteiger partial charge in [-0.25, -0.2) is 13.8 Å². The summed E-state index contributed by atoms with van der Waals surface area (Å²) >= 11 is 0.686. The summed E-state index contributed by atoms with van der Waals surface area (Å²) in [6.07, 6.45) is -1.88. The van der Waals surface area contributed by atoms with Gasteiger partial charge in [-0.2, -0.15) is 28.4 Å². The predicted molar refractivity (Wildman–Crippen MR) is 175 cm³/mol. The number of fused-ring (bicyclic) bond motifs is 1. The zero-order valence-corrected chi connectivity index (χ0v) is 27.1. The van der Waals surface area contributed by atoms with Crippen LogP contribution in [0.3, 0.4) is 0 Å². The Morgan fingerprint density at radius 1 is 1.16 bits per heavy atom. The van der Waals surface area contributed by atoms with Crippen LogP contribution in [0.1, 0.15) is 42.5 Å². The number of nitrogens with two attached hydrogens (primary N) is 2. The largest absolute Gasteiger partial charge is 0.490 e. The van der Waals surface area contributed by atoms with E-state index < -0.39 is 46.2 Å². The highest BCUT2D eigenvalue weighted by atomic mass is 32.1. The maximum Gasteiger partial charge on any atom is 0.420 e. The van der Waals surface area contributed by atoms with E-state index in [4.69, 9.17) is 20.9 Å². The number of rotatable bonds is 6. The van der Waals surface area contributed by atoms with Crippen LogP contribution in [0.2, 0.25) is 0 Å². The maximum absolute atomic E-state index is 17.2. The molecule has 2 aromatic carbocycles. The quantitative estimate of drug-likeness (QED) is 0.185. The van der Waals surface area contributed by atoms with Crippen molar-refractivity contribution in [1.82, 2.24) is 19.9 Å². The molecule has 1 unspecified atom stereocenters. The number of benzene rings is 2. The third-order valence-electron chi connectivity index (χ3n) is 9.20. The van der Waals surface area contributed by atoms with Crippen LogP contribution in [0.4, 0.5) is 38.6 Å². The summed E-state index contributed by atoms with van der Waals surface area (Å²) in [5, 5.41) is 9.18. The second-order valence-electron chi connectivity index (χ2n) is 12.0. The van der Waals surface area contributed by atoms with E-state index in [9.17, 15) is 9.65 Å². The van der Waals surface area contributed by atoms with Crippen LogP contribution >= 0.6 is 11.3 Å². The molecule has 16 heteroatoms. The molecule has 0 saturated carbocycles. The minimum absolute atomic E-state index is 0.0236. The van der Waals surface area contributed by atoms with Gasteiger partial charge in [0.2, 0.25) is 0 Å². The van der Waals surface area contributed by atoms with E-state index in [0.717, 1.165) is 31.5 Å². The van der Waals surface area contributed by atoms with Crippen molar-refractivity contribution in [2.45, 2.75) is 38.0 Å². The lowest BCUT2D eigenvalue weighted by molar-refractivity contribution is -0.138. The lowest BCUT2D eigenvalue weighted by atomic mass is 9.91. The van der Waals surface area contributed by atoms with Gasteiger partial charge in [-0.3, -0.25) is 0 Å². The number of thiophene rings is 1. The van der Waals surface area contributed by atoms with E-state index >= 15 is 17.6 Å². The number of alkyl halides is 3. The molecule has 0 amide bonds. The zero-order valence-electron chi connectivity index (χ0n) is 26.2. The molecule has 7 rings (SSSR count). The van der Waals surface area contributed by atoms with Crippen molar-refractivity contribution in [2.75, 3.05) is 49.7 Å². The molecule has 3 aromatic heterocycles. The third kappa shape index (κ3) is 5.37. The Bertz CT molecular complexity index is 2170. The summed E-state index contributed by atoms with van der Waals surface area (Å²) in [4.78, 5) is 16.8. The SMILES string of the molecule is C[C@H](c1cccnc1N)N1CCOc2c(C(F)(F)F)c(-c3ccc(F)c4sc(N)c(C#N)c34)c(F)c3nc(OCC4CCCN4C)nc1c23. The number of likely N-dealkylation sites (tertiary alicyclic amines) is 1. The van der Waals surface area contributed by atoms with Gasteiger partial charge in [-0.05, 0) is 51.1 Å². The topological polar surface area (TPSA) is 139 Å². The second kappa shape index (κ2) is 12.1. The third-order valence-corrected chi connectivity index (χ3v) is 10.2. The molecule has 0 aliphatic carbocycles. The van der Waals surface area contributed by atoms with Crippen LogP contribution in [0.25, 0.3) is 32.1 Å². The van der Waals surface area contributed by atoms with Gasteiger partial charge in [0.1, 0.15) is 58.6 Å². The summed E-state index contributed by atoms with van der Waals surface area (Å²) < 4.78 is 89.8. The Hall–Kier alpha value is -5.01. The summed E-state index contributed by atoms with van der Waals surface area (Å²) in [6, 6.07) is 6.33. The Morgan fingerprint density at radius 2 is 1.96 bits per heavy atom. The maximum atomic E-state index is 17.2. The molecule has 0 bridgehead atoms. The van der Waals surface area contributed by atoms with Crippen molar-refractivity contribution in [2.24, 2.45) is 0 Å². The first kappa shape index (κ1) is 32.5. The molecule has 2 aliphatic heterocycles. The Labute approximate surface area is 280 Å². The average molecular weight is 697 g/mol. The van der Waals surface area contributed by atoms with Gasteiger partial charge in [-0.15, -0.1) is 11.3 Å².